The first-order valence-electron chi connectivity index (χ1n) is 5.54. The lowest BCUT2D eigenvalue weighted by molar-refractivity contribution is -0.134. The van der Waals surface area contributed by atoms with E-state index in [0.717, 1.165) is 6.92 Å². The topological polar surface area (TPSA) is 125 Å². The van der Waals surface area contributed by atoms with E-state index in [-0.39, 0.29) is 5.84 Å². The normalized spacial score (nSPS) is 9.78. The molecule has 0 atom stereocenters. The highest BCUT2D eigenvalue weighted by molar-refractivity contribution is 5.76. The lowest BCUT2D eigenvalue weighted by atomic mass is 10.2. The van der Waals surface area contributed by atoms with E-state index in [1.807, 2.05) is 20.8 Å². The number of aliphatic carboxylic acids is 1. The minimum absolute atomic E-state index is 0.135. The third-order valence-electron chi connectivity index (χ3n) is 1.29. The van der Waals surface area contributed by atoms with Crippen molar-refractivity contribution in [2.24, 2.45) is 5.73 Å². The fourth-order valence-electron chi connectivity index (χ4n) is 0.783. The van der Waals surface area contributed by atoms with Crippen LogP contribution in [0.15, 0.2) is 0 Å². The van der Waals surface area contributed by atoms with Crippen LogP contribution in [-0.2, 0) is 9.53 Å². The van der Waals surface area contributed by atoms with Crippen LogP contribution < -0.4 is 11.1 Å². The van der Waals surface area contributed by atoms with Gasteiger partial charge in [-0.1, -0.05) is 0 Å². The maximum absolute atomic E-state index is 11.1. The molecule has 0 bridgehead atoms. The van der Waals surface area contributed by atoms with Crippen molar-refractivity contribution >= 4 is 17.9 Å². The van der Waals surface area contributed by atoms with Gasteiger partial charge in [-0.3, -0.25) is 10.2 Å². The van der Waals surface area contributed by atoms with Gasteiger partial charge in [0.25, 0.3) is 5.97 Å². The van der Waals surface area contributed by atoms with E-state index in [1.165, 1.54) is 0 Å². The molecule has 0 aliphatic heterocycles. The summed E-state index contributed by atoms with van der Waals surface area (Å²) in [6.07, 6.45) is 0.728. The van der Waals surface area contributed by atoms with Crippen molar-refractivity contribution in [2.45, 2.75) is 46.1 Å². The van der Waals surface area contributed by atoms with Crippen LogP contribution in [0.4, 0.5) is 4.79 Å². The number of alkyl carbamates (subject to hydrolysis) is 1. The van der Waals surface area contributed by atoms with Gasteiger partial charge in [0, 0.05) is 19.9 Å². The number of carboxylic acid groups (broad SMARTS) is 1. The highest BCUT2D eigenvalue weighted by Gasteiger charge is 2.15. The van der Waals surface area contributed by atoms with Crippen molar-refractivity contribution in [1.82, 2.24) is 5.32 Å². The van der Waals surface area contributed by atoms with Gasteiger partial charge >= 0.3 is 6.09 Å². The predicted octanol–water partition coefficient (Wildman–Crippen LogP) is 1.32. The molecule has 0 heterocycles. The molecule has 0 aliphatic rings. The summed E-state index contributed by atoms with van der Waals surface area (Å²) < 4.78 is 5.01. The molecule has 0 aromatic rings. The standard InChI is InChI=1S/C9H19N3O2.C2H4O2/c1-9(2,3)14-8(13)12-6-4-5-7(10)11;1-2(3)4/h4-6H2,1-3H3,(H3,10,11)(H,12,13);1H3,(H,3,4). The van der Waals surface area contributed by atoms with Gasteiger partial charge in [-0.2, -0.15) is 0 Å². The fourth-order valence-corrected chi connectivity index (χ4v) is 0.783. The summed E-state index contributed by atoms with van der Waals surface area (Å²) in [4.78, 5) is 20.1. The van der Waals surface area contributed by atoms with Crippen LogP contribution in [0.1, 0.15) is 40.5 Å². The summed E-state index contributed by atoms with van der Waals surface area (Å²) in [6.45, 7) is 6.99. The summed E-state index contributed by atoms with van der Waals surface area (Å²) >= 11 is 0. The van der Waals surface area contributed by atoms with Crippen LogP contribution in [0.5, 0.6) is 0 Å². The molecule has 0 saturated carbocycles. The molecule has 0 spiro atoms. The SMILES string of the molecule is CC(=O)O.CC(C)(C)OC(=O)NCCCC(=N)N. The van der Waals surface area contributed by atoms with Gasteiger partial charge in [0.1, 0.15) is 5.60 Å². The molecule has 0 aromatic heterocycles. The Labute approximate surface area is 107 Å². The minimum Gasteiger partial charge on any atom is -0.481 e. The number of amides is 1. The van der Waals surface area contributed by atoms with Gasteiger partial charge < -0.3 is 20.9 Å². The first kappa shape index (κ1) is 18.6. The number of carbonyl (C=O) groups excluding carboxylic acids is 1. The van der Waals surface area contributed by atoms with E-state index in [0.29, 0.717) is 19.4 Å². The highest BCUT2D eigenvalue weighted by Crippen LogP contribution is 2.06. The Balaban J connectivity index is 0. The van der Waals surface area contributed by atoms with Crippen molar-refractivity contribution in [2.75, 3.05) is 6.54 Å². The van der Waals surface area contributed by atoms with E-state index >= 15 is 0 Å². The molecule has 7 nitrogen and oxygen atoms in total. The number of hydrogen-bond acceptors (Lipinski definition) is 4. The Hall–Kier alpha value is -1.79. The summed E-state index contributed by atoms with van der Waals surface area (Å²) in [7, 11) is 0. The van der Waals surface area contributed by atoms with E-state index in [2.05, 4.69) is 5.32 Å². The second-order valence-electron chi connectivity index (χ2n) is 4.58. The summed E-state index contributed by atoms with van der Waals surface area (Å²) in [5.41, 5.74) is 4.68. The molecular weight excluding hydrogens is 238 g/mol. The van der Waals surface area contributed by atoms with Gasteiger partial charge in [0.2, 0.25) is 0 Å². The van der Waals surface area contributed by atoms with Crippen molar-refractivity contribution in [1.29, 1.82) is 5.41 Å². The Bertz CT molecular complexity index is 281. The van der Waals surface area contributed by atoms with Crippen LogP contribution in [0, 0.1) is 5.41 Å². The summed E-state index contributed by atoms with van der Waals surface area (Å²) in [5.74, 6) is -0.698. The molecule has 0 saturated heterocycles. The molecule has 7 heteroatoms. The second-order valence-corrected chi connectivity index (χ2v) is 4.58. The first-order valence-corrected chi connectivity index (χ1v) is 5.54. The van der Waals surface area contributed by atoms with Crippen molar-refractivity contribution < 1.29 is 19.4 Å². The number of amidine groups is 1. The lowest BCUT2D eigenvalue weighted by Crippen LogP contribution is -2.33. The van der Waals surface area contributed by atoms with Gasteiger partial charge in [0.15, 0.2) is 0 Å². The van der Waals surface area contributed by atoms with Crippen molar-refractivity contribution in [3.63, 3.8) is 0 Å². The maximum Gasteiger partial charge on any atom is 0.407 e. The quantitative estimate of drug-likeness (QED) is 0.345. The predicted molar refractivity (Wildman–Crippen MR) is 68.7 cm³/mol. The van der Waals surface area contributed by atoms with Crippen LogP contribution in [0.25, 0.3) is 0 Å². The van der Waals surface area contributed by atoms with Crippen LogP contribution in [-0.4, -0.2) is 35.2 Å². The van der Waals surface area contributed by atoms with Crippen LogP contribution in [0.3, 0.4) is 0 Å². The average Bonchev–Trinajstić information content (AvgIpc) is 2.08. The smallest absolute Gasteiger partial charge is 0.407 e. The van der Waals surface area contributed by atoms with Crippen LogP contribution >= 0.6 is 0 Å². The molecule has 0 unspecified atom stereocenters. The minimum atomic E-state index is -0.833. The number of ether oxygens (including phenoxy) is 1. The van der Waals surface area contributed by atoms with Gasteiger partial charge in [-0.15, -0.1) is 0 Å². The van der Waals surface area contributed by atoms with E-state index < -0.39 is 17.7 Å². The van der Waals surface area contributed by atoms with Crippen molar-refractivity contribution in [3.05, 3.63) is 0 Å². The molecule has 18 heavy (non-hydrogen) atoms. The van der Waals surface area contributed by atoms with Gasteiger partial charge in [0.05, 0.1) is 5.84 Å². The van der Waals surface area contributed by atoms with E-state index in [9.17, 15) is 4.79 Å². The largest absolute Gasteiger partial charge is 0.481 e. The molecule has 0 rings (SSSR count). The summed E-state index contributed by atoms with van der Waals surface area (Å²) in [6, 6.07) is 0. The zero-order valence-electron chi connectivity index (χ0n) is 11.4. The van der Waals surface area contributed by atoms with Gasteiger partial charge in [-0.05, 0) is 27.2 Å². The van der Waals surface area contributed by atoms with Crippen LogP contribution in [0.2, 0.25) is 0 Å². The third-order valence-corrected chi connectivity index (χ3v) is 1.29. The van der Waals surface area contributed by atoms with E-state index in [4.69, 9.17) is 25.8 Å². The Morgan fingerprint density at radius 1 is 1.39 bits per heavy atom. The van der Waals surface area contributed by atoms with Gasteiger partial charge in [-0.25, -0.2) is 4.79 Å². The second kappa shape index (κ2) is 9.26. The molecule has 106 valence electrons. The highest BCUT2D eigenvalue weighted by atomic mass is 16.6. The first-order chi connectivity index (χ1) is 8.04. The fraction of sp³-hybridized carbons (Fsp3) is 0.727. The Morgan fingerprint density at radius 2 is 1.83 bits per heavy atom. The number of rotatable bonds is 4. The van der Waals surface area contributed by atoms with Crippen molar-refractivity contribution in [3.8, 4) is 0 Å². The monoisotopic (exact) mass is 261 g/mol. The molecule has 0 aromatic carbocycles. The summed E-state index contributed by atoms with van der Waals surface area (Å²) in [5, 5.41) is 17.0. The Morgan fingerprint density at radius 3 is 2.17 bits per heavy atom. The molecule has 0 fully saturated rings. The zero-order valence-corrected chi connectivity index (χ0v) is 11.4. The number of nitrogens with two attached hydrogens (primary N) is 1. The Kier molecular flexibility index (Phi) is 9.56. The molecule has 5 N–H and O–H groups in total. The molecule has 0 radical (unpaired) electrons. The average molecular weight is 261 g/mol. The third kappa shape index (κ3) is 23.8. The number of hydrogen-bond donors (Lipinski definition) is 4. The van der Waals surface area contributed by atoms with E-state index in [1.54, 1.807) is 0 Å². The maximum atomic E-state index is 11.1. The number of carboxylic acids is 1. The lowest BCUT2D eigenvalue weighted by Gasteiger charge is -2.19. The molecule has 1 amide bonds. The zero-order chi connectivity index (χ0) is 14.8. The number of nitrogens with one attached hydrogen (secondary N) is 2. The number of carbonyl (C=O) groups is 2. The molecule has 0 aliphatic carbocycles. The molecular formula is C11H23N3O4.